The van der Waals surface area contributed by atoms with Crippen LogP contribution in [0, 0.1) is 0 Å². The van der Waals surface area contributed by atoms with E-state index in [1.807, 2.05) is 59.5 Å². The first-order valence-electron chi connectivity index (χ1n) is 11.7. The van der Waals surface area contributed by atoms with Crippen LogP contribution in [-0.2, 0) is 11.2 Å². The Labute approximate surface area is 202 Å². The third-order valence-electron chi connectivity index (χ3n) is 6.09. The first-order chi connectivity index (χ1) is 17.1. The van der Waals surface area contributed by atoms with Gasteiger partial charge in [0.2, 0.25) is 5.91 Å². The molecule has 9 heteroatoms. The minimum Gasteiger partial charge on any atom is -0.382 e. The highest BCUT2D eigenvalue weighted by atomic mass is 16.2. The number of nitrogens with one attached hydrogen (secondary N) is 3. The summed E-state index contributed by atoms with van der Waals surface area (Å²) in [5, 5.41) is 7.11. The van der Waals surface area contributed by atoms with Crippen LogP contribution in [0.5, 0.6) is 0 Å². The van der Waals surface area contributed by atoms with Gasteiger partial charge in [0.1, 0.15) is 5.82 Å². The minimum absolute atomic E-state index is 0.0511. The zero-order chi connectivity index (χ0) is 24.2. The normalized spacial score (nSPS) is 14.0. The molecule has 2 aromatic carbocycles. The number of hydrogen-bond acceptors (Lipinski definition) is 6. The van der Waals surface area contributed by atoms with Gasteiger partial charge in [-0.15, -0.1) is 0 Å². The lowest BCUT2D eigenvalue weighted by atomic mass is 10.1. The highest BCUT2D eigenvalue weighted by molar-refractivity contribution is 6.06. The Hall–Kier alpha value is -4.24. The summed E-state index contributed by atoms with van der Waals surface area (Å²) in [6.07, 6.45) is 2.86. The molecule has 1 aliphatic heterocycles. The molecule has 1 fully saturated rings. The van der Waals surface area contributed by atoms with Gasteiger partial charge in [-0.3, -0.25) is 9.59 Å². The van der Waals surface area contributed by atoms with Gasteiger partial charge in [-0.25, -0.2) is 9.97 Å². The third-order valence-corrected chi connectivity index (χ3v) is 6.09. The van der Waals surface area contributed by atoms with Crippen LogP contribution in [-0.4, -0.2) is 57.8 Å². The molecule has 2 aromatic heterocycles. The summed E-state index contributed by atoms with van der Waals surface area (Å²) in [5.41, 5.74) is 9.17. The van der Waals surface area contributed by atoms with Crippen molar-refractivity contribution in [2.24, 2.45) is 0 Å². The second-order valence-corrected chi connectivity index (χ2v) is 8.57. The van der Waals surface area contributed by atoms with E-state index in [1.165, 1.54) is 0 Å². The maximum absolute atomic E-state index is 12.9. The summed E-state index contributed by atoms with van der Waals surface area (Å²) in [6.45, 7) is 3.30. The van der Waals surface area contributed by atoms with Crippen LogP contribution in [0.2, 0.25) is 0 Å². The molecule has 0 aliphatic carbocycles. The summed E-state index contributed by atoms with van der Waals surface area (Å²) < 4.78 is 0. The van der Waals surface area contributed by atoms with Gasteiger partial charge in [-0.1, -0.05) is 42.5 Å². The average molecular weight is 470 g/mol. The Kier molecular flexibility index (Phi) is 6.40. The molecule has 2 amide bonds. The molecule has 0 radical (unpaired) electrons. The summed E-state index contributed by atoms with van der Waals surface area (Å²) in [7, 11) is 0. The second-order valence-electron chi connectivity index (χ2n) is 8.57. The largest absolute Gasteiger partial charge is 0.382 e. The molecule has 0 bridgehead atoms. The number of anilines is 2. The van der Waals surface area contributed by atoms with Gasteiger partial charge in [-0.05, 0) is 30.7 Å². The number of carbonyl (C=O) groups excluding carboxylic acids is 2. The van der Waals surface area contributed by atoms with Crippen molar-refractivity contribution in [2.45, 2.75) is 12.8 Å². The molecule has 178 valence electrons. The summed E-state index contributed by atoms with van der Waals surface area (Å²) >= 11 is 0. The van der Waals surface area contributed by atoms with Gasteiger partial charge in [0.15, 0.2) is 11.5 Å². The smallest absolute Gasteiger partial charge is 0.279 e. The van der Waals surface area contributed by atoms with Gasteiger partial charge in [0, 0.05) is 36.1 Å². The van der Waals surface area contributed by atoms with Gasteiger partial charge < -0.3 is 26.3 Å². The van der Waals surface area contributed by atoms with E-state index in [4.69, 9.17) is 5.73 Å². The summed E-state index contributed by atoms with van der Waals surface area (Å²) in [6, 6.07) is 17.2. The maximum Gasteiger partial charge on any atom is 0.279 e. The number of aromatic nitrogens is 3. The maximum atomic E-state index is 12.9. The SMILES string of the molecule is Nc1ncc(-c2ccc(CC(=O)N3CCCNCC3)cc2)nc1C(=O)Nc1cc2ccccc2[nH]1. The number of para-hydroxylation sites is 1. The lowest BCUT2D eigenvalue weighted by Gasteiger charge is -2.20. The van der Waals surface area contributed by atoms with Crippen molar-refractivity contribution in [3.63, 3.8) is 0 Å². The van der Waals surface area contributed by atoms with Crippen LogP contribution in [0.15, 0.2) is 60.8 Å². The van der Waals surface area contributed by atoms with E-state index < -0.39 is 5.91 Å². The number of carbonyl (C=O) groups is 2. The minimum atomic E-state index is -0.447. The molecule has 35 heavy (non-hydrogen) atoms. The standard InChI is InChI=1S/C26H27N7O2/c27-25-24(26(35)32-22-15-19-4-1-2-5-20(19)30-22)31-21(16-29-25)18-8-6-17(7-9-18)14-23(34)33-12-3-10-28-11-13-33/h1-2,4-9,15-16,28,30H,3,10-14H2,(H2,27,29)(H,32,35). The Morgan fingerprint density at radius 1 is 1.06 bits per heavy atom. The number of nitrogens with two attached hydrogens (primary N) is 1. The van der Waals surface area contributed by atoms with Crippen LogP contribution >= 0.6 is 0 Å². The number of nitrogens with zero attached hydrogens (tertiary/aromatic N) is 3. The van der Waals surface area contributed by atoms with Crippen LogP contribution < -0.4 is 16.4 Å². The molecule has 0 unspecified atom stereocenters. The van der Waals surface area contributed by atoms with E-state index in [0.29, 0.717) is 17.9 Å². The number of amides is 2. The van der Waals surface area contributed by atoms with Crippen LogP contribution in [0.3, 0.4) is 0 Å². The fourth-order valence-electron chi connectivity index (χ4n) is 4.20. The fourth-order valence-corrected chi connectivity index (χ4v) is 4.20. The topological polar surface area (TPSA) is 129 Å². The molecular formula is C26H27N7O2. The van der Waals surface area contributed by atoms with Crippen molar-refractivity contribution in [2.75, 3.05) is 37.2 Å². The number of hydrogen-bond donors (Lipinski definition) is 4. The third kappa shape index (κ3) is 5.15. The lowest BCUT2D eigenvalue weighted by molar-refractivity contribution is -0.130. The van der Waals surface area contributed by atoms with Gasteiger partial charge in [0.05, 0.1) is 18.3 Å². The molecule has 0 atom stereocenters. The quantitative estimate of drug-likeness (QED) is 0.356. The molecule has 1 saturated heterocycles. The van der Waals surface area contributed by atoms with E-state index in [-0.39, 0.29) is 17.4 Å². The zero-order valence-electron chi connectivity index (χ0n) is 19.3. The average Bonchev–Trinajstić information content (AvgIpc) is 3.07. The molecule has 4 aromatic rings. The van der Waals surface area contributed by atoms with E-state index in [0.717, 1.165) is 54.6 Å². The second kappa shape index (κ2) is 9.94. The van der Waals surface area contributed by atoms with Gasteiger partial charge in [-0.2, -0.15) is 0 Å². The zero-order valence-corrected chi connectivity index (χ0v) is 19.3. The molecule has 0 spiro atoms. The number of nitrogen functional groups attached to an aromatic ring is 1. The van der Waals surface area contributed by atoms with Gasteiger partial charge in [0.25, 0.3) is 5.91 Å². The highest BCUT2D eigenvalue weighted by Crippen LogP contribution is 2.22. The Balaban J connectivity index is 1.29. The Bertz CT molecular complexity index is 1320. The van der Waals surface area contributed by atoms with E-state index in [9.17, 15) is 9.59 Å². The molecule has 5 N–H and O–H groups in total. The predicted octanol–water partition coefficient (Wildman–Crippen LogP) is 2.82. The van der Waals surface area contributed by atoms with E-state index in [2.05, 4.69) is 25.6 Å². The molecule has 5 rings (SSSR count). The fraction of sp³-hybridized carbons (Fsp3) is 0.231. The summed E-state index contributed by atoms with van der Waals surface area (Å²) in [4.78, 5) is 39.3. The monoisotopic (exact) mass is 469 g/mol. The van der Waals surface area contributed by atoms with Gasteiger partial charge >= 0.3 is 0 Å². The Morgan fingerprint density at radius 3 is 2.71 bits per heavy atom. The summed E-state index contributed by atoms with van der Waals surface area (Å²) in [5.74, 6) is 0.288. The molecule has 3 heterocycles. The number of H-pyrrole nitrogens is 1. The molecule has 1 aliphatic rings. The number of rotatable bonds is 5. The number of benzene rings is 2. The number of aromatic amines is 1. The van der Waals surface area contributed by atoms with Crippen molar-refractivity contribution < 1.29 is 9.59 Å². The van der Waals surface area contributed by atoms with E-state index >= 15 is 0 Å². The van der Waals surface area contributed by atoms with Crippen molar-refractivity contribution in [1.29, 1.82) is 0 Å². The predicted molar refractivity (Wildman–Crippen MR) is 136 cm³/mol. The van der Waals surface area contributed by atoms with Crippen LogP contribution in [0.25, 0.3) is 22.2 Å². The first kappa shape index (κ1) is 22.5. The van der Waals surface area contributed by atoms with Crippen molar-refractivity contribution in [1.82, 2.24) is 25.2 Å². The number of fused-ring (bicyclic) bond motifs is 1. The van der Waals surface area contributed by atoms with E-state index in [1.54, 1.807) is 6.20 Å². The van der Waals surface area contributed by atoms with Crippen LogP contribution in [0.1, 0.15) is 22.5 Å². The molecule has 0 saturated carbocycles. The Morgan fingerprint density at radius 2 is 1.89 bits per heavy atom. The van der Waals surface area contributed by atoms with Crippen molar-refractivity contribution in [3.05, 3.63) is 72.1 Å². The van der Waals surface area contributed by atoms with Crippen molar-refractivity contribution in [3.8, 4) is 11.3 Å². The molecular weight excluding hydrogens is 442 g/mol. The lowest BCUT2D eigenvalue weighted by Crippen LogP contribution is -2.35. The van der Waals surface area contributed by atoms with Crippen molar-refractivity contribution >= 4 is 34.4 Å². The highest BCUT2D eigenvalue weighted by Gasteiger charge is 2.17. The first-order valence-corrected chi connectivity index (χ1v) is 11.7. The van der Waals surface area contributed by atoms with Crippen LogP contribution in [0.4, 0.5) is 11.6 Å². The molecule has 9 nitrogen and oxygen atoms in total.